The molecule has 0 fully saturated rings. The van der Waals surface area contributed by atoms with Gasteiger partial charge in [0.25, 0.3) is 0 Å². The Balaban J connectivity index is 1.64. The maximum Gasteiger partial charge on any atom is 0.417 e. The molecule has 0 atom stereocenters. The van der Waals surface area contributed by atoms with Crippen LogP contribution in [0.2, 0.25) is 5.02 Å². The molecular weight excluding hydrogens is 424 g/mol. The van der Waals surface area contributed by atoms with E-state index in [9.17, 15) is 22.4 Å². The first-order valence-electron chi connectivity index (χ1n) is 8.86. The van der Waals surface area contributed by atoms with Gasteiger partial charge < -0.3 is 16.4 Å². The minimum Gasteiger partial charge on any atom is -0.383 e. The number of rotatable bonds is 4. The molecule has 0 spiro atoms. The number of aromatic nitrogens is 1. The predicted molar refractivity (Wildman–Crippen MR) is 107 cm³/mol. The number of halogens is 5. The van der Waals surface area contributed by atoms with E-state index in [0.29, 0.717) is 18.4 Å². The number of nitrogens with one attached hydrogen (secondary N) is 2. The van der Waals surface area contributed by atoms with Gasteiger partial charge in [0.05, 0.1) is 16.8 Å². The van der Waals surface area contributed by atoms with Gasteiger partial charge >= 0.3 is 12.2 Å². The van der Waals surface area contributed by atoms with Gasteiger partial charge in [0, 0.05) is 17.8 Å². The highest BCUT2D eigenvalue weighted by Gasteiger charge is 2.33. The van der Waals surface area contributed by atoms with Gasteiger partial charge in [-0.05, 0) is 48.3 Å². The summed E-state index contributed by atoms with van der Waals surface area (Å²) in [5.41, 5.74) is 6.77. The third kappa shape index (κ3) is 5.29. The summed E-state index contributed by atoms with van der Waals surface area (Å²) in [5.74, 6) is -0.298. The van der Waals surface area contributed by atoms with Gasteiger partial charge in [-0.25, -0.2) is 14.2 Å². The fourth-order valence-corrected chi connectivity index (χ4v) is 3.21. The van der Waals surface area contributed by atoms with Crippen molar-refractivity contribution < 1.29 is 22.4 Å². The Morgan fingerprint density at radius 1 is 1.27 bits per heavy atom. The third-order valence-corrected chi connectivity index (χ3v) is 4.72. The number of alkyl halides is 3. The molecule has 0 saturated carbocycles. The molecule has 1 aromatic carbocycles. The van der Waals surface area contributed by atoms with Crippen LogP contribution in [0.4, 0.5) is 33.9 Å². The Bertz CT molecular complexity index is 1030. The number of nitrogen functional groups attached to an aromatic ring is 1. The summed E-state index contributed by atoms with van der Waals surface area (Å²) in [7, 11) is 0. The first-order valence-corrected chi connectivity index (χ1v) is 9.24. The zero-order chi connectivity index (χ0) is 21.9. The lowest BCUT2D eigenvalue weighted by Crippen LogP contribution is -2.30. The lowest BCUT2D eigenvalue weighted by molar-refractivity contribution is -0.137. The Labute approximate surface area is 174 Å². The van der Waals surface area contributed by atoms with Crippen molar-refractivity contribution in [1.29, 1.82) is 0 Å². The van der Waals surface area contributed by atoms with Gasteiger partial charge in [0.1, 0.15) is 11.6 Å². The predicted octanol–water partition coefficient (Wildman–Crippen LogP) is 5.40. The number of urea groups is 1. The highest BCUT2D eigenvalue weighted by atomic mass is 35.5. The first kappa shape index (κ1) is 21.6. The summed E-state index contributed by atoms with van der Waals surface area (Å²) in [5, 5.41) is 4.46. The quantitative estimate of drug-likeness (QED) is 0.557. The molecule has 0 aliphatic heterocycles. The van der Waals surface area contributed by atoms with E-state index in [2.05, 4.69) is 15.6 Å². The molecule has 5 nitrogen and oxygen atoms in total. The average molecular weight is 441 g/mol. The van der Waals surface area contributed by atoms with E-state index in [-0.39, 0.29) is 18.1 Å². The molecular formula is C20H17ClF4N4O. The van der Waals surface area contributed by atoms with Gasteiger partial charge in [-0.2, -0.15) is 13.2 Å². The summed E-state index contributed by atoms with van der Waals surface area (Å²) in [4.78, 5) is 15.9. The molecule has 158 valence electrons. The van der Waals surface area contributed by atoms with E-state index < -0.39 is 28.6 Å². The maximum atomic E-state index is 13.5. The summed E-state index contributed by atoms with van der Waals surface area (Å²) < 4.78 is 52.3. The van der Waals surface area contributed by atoms with Gasteiger partial charge in [-0.3, -0.25) is 0 Å². The van der Waals surface area contributed by atoms with E-state index in [0.717, 1.165) is 29.5 Å². The molecule has 3 rings (SSSR count). The van der Waals surface area contributed by atoms with Crippen molar-refractivity contribution in [1.82, 2.24) is 10.3 Å². The van der Waals surface area contributed by atoms with Crippen LogP contribution in [0.25, 0.3) is 5.57 Å². The van der Waals surface area contributed by atoms with Gasteiger partial charge in [-0.15, -0.1) is 0 Å². The lowest BCUT2D eigenvalue weighted by atomic mass is 9.94. The Morgan fingerprint density at radius 3 is 2.77 bits per heavy atom. The summed E-state index contributed by atoms with van der Waals surface area (Å²) in [6.45, 7) is 0.123. The number of hydrogen-bond acceptors (Lipinski definition) is 3. The minimum atomic E-state index is -4.63. The van der Waals surface area contributed by atoms with Crippen molar-refractivity contribution in [3.8, 4) is 0 Å². The molecule has 2 amide bonds. The molecule has 1 aromatic heterocycles. The summed E-state index contributed by atoms with van der Waals surface area (Å²) in [6, 6.07) is 3.72. The number of pyridine rings is 1. The highest BCUT2D eigenvalue weighted by molar-refractivity contribution is 6.31. The zero-order valence-electron chi connectivity index (χ0n) is 15.5. The van der Waals surface area contributed by atoms with Gasteiger partial charge in [0.2, 0.25) is 0 Å². The third-order valence-electron chi connectivity index (χ3n) is 4.39. The fourth-order valence-electron chi connectivity index (χ4n) is 2.99. The molecule has 1 heterocycles. The maximum absolute atomic E-state index is 13.5. The molecule has 1 aliphatic rings. The zero-order valence-corrected chi connectivity index (χ0v) is 16.2. The lowest BCUT2D eigenvalue weighted by Gasteiger charge is -2.16. The Kier molecular flexibility index (Phi) is 6.31. The van der Waals surface area contributed by atoms with E-state index in [4.69, 9.17) is 17.3 Å². The number of amides is 2. The van der Waals surface area contributed by atoms with Crippen LogP contribution < -0.4 is 16.4 Å². The largest absolute Gasteiger partial charge is 0.417 e. The molecule has 2 aromatic rings. The van der Waals surface area contributed by atoms with Crippen LogP contribution in [0.1, 0.15) is 24.0 Å². The van der Waals surface area contributed by atoms with Gasteiger partial charge in [-0.1, -0.05) is 23.8 Å². The SMILES string of the molecule is Nc1ncc(F)cc1C1=CC(CNC(=O)Nc2ccc(Cl)c(C(F)(F)F)c2)=CCC1. The van der Waals surface area contributed by atoms with Crippen LogP contribution in [-0.4, -0.2) is 17.6 Å². The van der Waals surface area contributed by atoms with Crippen molar-refractivity contribution in [2.45, 2.75) is 19.0 Å². The monoisotopic (exact) mass is 440 g/mol. The van der Waals surface area contributed by atoms with Crippen molar-refractivity contribution in [3.63, 3.8) is 0 Å². The molecule has 30 heavy (non-hydrogen) atoms. The number of allylic oxidation sites excluding steroid dienone is 2. The van der Waals surface area contributed by atoms with Crippen LogP contribution in [0.5, 0.6) is 0 Å². The molecule has 0 bridgehead atoms. The molecule has 4 N–H and O–H groups in total. The smallest absolute Gasteiger partial charge is 0.383 e. The highest BCUT2D eigenvalue weighted by Crippen LogP contribution is 2.36. The van der Waals surface area contributed by atoms with Crippen molar-refractivity contribution in [3.05, 3.63) is 70.2 Å². The number of nitrogens with zero attached hydrogens (tertiary/aromatic N) is 1. The second kappa shape index (κ2) is 8.74. The molecule has 1 aliphatic carbocycles. The van der Waals surface area contributed by atoms with E-state index in [1.807, 2.05) is 6.08 Å². The number of carbonyl (C=O) groups excluding carboxylic acids is 1. The number of hydrogen-bond donors (Lipinski definition) is 3. The second-order valence-corrected chi connectivity index (χ2v) is 6.98. The van der Waals surface area contributed by atoms with Crippen LogP contribution in [0, 0.1) is 5.82 Å². The molecule has 0 saturated heterocycles. The van der Waals surface area contributed by atoms with Crippen molar-refractivity contribution in [2.24, 2.45) is 0 Å². The molecule has 0 radical (unpaired) electrons. The Hall–Kier alpha value is -3.07. The Morgan fingerprint density at radius 2 is 2.03 bits per heavy atom. The van der Waals surface area contributed by atoms with Crippen LogP contribution >= 0.6 is 11.6 Å². The van der Waals surface area contributed by atoms with Crippen LogP contribution in [0.3, 0.4) is 0 Å². The summed E-state index contributed by atoms with van der Waals surface area (Å²) in [6.07, 6.45) is 1.37. The average Bonchev–Trinajstić information content (AvgIpc) is 2.69. The topological polar surface area (TPSA) is 80.0 Å². The number of anilines is 2. The normalized spacial score (nSPS) is 14.0. The van der Waals surface area contributed by atoms with E-state index in [1.165, 1.54) is 12.1 Å². The minimum absolute atomic E-state index is 0.0447. The number of nitrogens with two attached hydrogens (primary N) is 1. The summed E-state index contributed by atoms with van der Waals surface area (Å²) >= 11 is 5.57. The number of benzene rings is 1. The van der Waals surface area contributed by atoms with Crippen molar-refractivity contribution in [2.75, 3.05) is 17.6 Å². The second-order valence-electron chi connectivity index (χ2n) is 6.57. The van der Waals surface area contributed by atoms with Crippen LogP contribution in [-0.2, 0) is 6.18 Å². The van der Waals surface area contributed by atoms with Gasteiger partial charge in [0.15, 0.2) is 0 Å². The standard InChI is InChI=1S/C20H17ClF4N4O/c21-17-5-4-14(8-16(17)20(23,24)25)29-19(30)28-9-11-2-1-3-12(6-11)15-7-13(22)10-27-18(15)26/h2,4-8,10H,1,3,9H2,(H2,26,27)(H2,28,29,30). The first-order chi connectivity index (χ1) is 14.1. The van der Waals surface area contributed by atoms with Crippen molar-refractivity contribution >= 4 is 34.7 Å². The fraction of sp³-hybridized carbons (Fsp3) is 0.200. The van der Waals surface area contributed by atoms with Crippen LogP contribution in [0.15, 0.2) is 48.2 Å². The van der Waals surface area contributed by atoms with E-state index in [1.54, 1.807) is 6.08 Å². The molecule has 10 heteroatoms. The van der Waals surface area contributed by atoms with E-state index >= 15 is 0 Å². The molecule has 0 unspecified atom stereocenters. The number of carbonyl (C=O) groups is 1.